The lowest BCUT2D eigenvalue weighted by molar-refractivity contribution is -0.124. The Bertz CT molecular complexity index is 350. The molecule has 0 saturated carbocycles. The Morgan fingerprint density at radius 2 is 1.56 bits per heavy atom. The van der Waals surface area contributed by atoms with E-state index >= 15 is 0 Å². The summed E-state index contributed by atoms with van der Waals surface area (Å²) >= 11 is 0. The van der Waals surface area contributed by atoms with E-state index in [4.69, 9.17) is 0 Å². The molecule has 0 aromatic rings. The van der Waals surface area contributed by atoms with Crippen LogP contribution >= 0.6 is 0 Å². The number of hydrogen-bond acceptors (Lipinski definition) is 3. The van der Waals surface area contributed by atoms with E-state index in [0.717, 1.165) is 0 Å². The van der Waals surface area contributed by atoms with E-state index < -0.39 is 15.3 Å². The summed E-state index contributed by atoms with van der Waals surface area (Å²) in [7, 11) is -2.61. The van der Waals surface area contributed by atoms with Crippen LogP contribution in [0.25, 0.3) is 0 Å². The van der Waals surface area contributed by atoms with Crippen molar-refractivity contribution in [3.8, 4) is 0 Å². The van der Waals surface area contributed by atoms with Crippen LogP contribution < -0.4 is 0 Å². The summed E-state index contributed by atoms with van der Waals surface area (Å²) in [4.78, 5) is 12.0. The van der Waals surface area contributed by atoms with Gasteiger partial charge < -0.3 is 4.79 Å². The minimum Gasteiger partial charge on any atom is -0.311 e. The first kappa shape index (κ1) is 15.7. The predicted molar refractivity (Wildman–Crippen MR) is 69.9 cm³/mol. The third kappa shape index (κ3) is 4.68. The molecule has 0 aliphatic carbocycles. The van der Waals surface area contributed by atoms with Gasteiger partial charge in [0.2, 0.25) is 7.28 Å². The maximum atomic E-state index is 12.0. The molecule has 3 nitrogen and oxygen atoms in total. The van der Waals surface area contributed by atoms with Crippen LogP contribution in [0.15, 0.2) is 0 Å². The van der Waals surface area contributed by atoms with Gasteiger partial charge in [-0.2, -0.15) is 0 Å². The van der Waals surface area contributed by atoms with Crippen LogP contribution in [-0.2, 0) is 14.6 Å². The molecule has 0 bridgehead atoms. The molecule has 0 aromatic carbocycles. The van der Waals surface area contributed by atoms with E-state index in [1.807, 2.05) is 34.6 Å². The van der Waals surface area contributed by atoms with Crippen molar-refractivity contribution in [2.75, 3.05) is 12.0 Å². The zero-order valence-corrected chi connectivity index (χ0v) is 12.1. The predicted octanol–water partition coefficient (Wildman–Crippen LogP) is 1.48. The van der Waals surface area contributed by atoms with Crippen molar-refractivity contribution in [3.63, 3.8) is 0 Å². The lowest BCUT2D eigenvalue weighted by Gasteiger charge is -2.37. The average molecular weight is 246 g/mol. The van der Waals surface area contributed by atoms with Gasteiger partial charge in [-0.25, -0.2) is 8.42 Å². The standard InChI is InChI=1S/C11H23BO3S/c1-10(2,3)11(4,5)9(13)12-7-8-16(6,14)15/h12H,7-8H2,1-6H3. The van der Waals surface area contributed by atoms with E-state index in [1.165, 1.54) is 6.26 Å². The minimum atomic E-state index is -2.95. The Kier molecular flexibility index (Phi) is 4.81. The normalized spacial score (nSPS) is 13.6. The molecule has 0 amide bonds. The lowest BCUT2D eigenvalue weighted by Crippen LogP contribution is -2.40. The highest BCUT2D eigenvalue weighted by molar-refractivity contribution is 7.90. The van der Waals surface area contributed by atoms with E-state index in [0.29, 0.717) is 13.6 Å². The molecule has 16 heavy (non-hydrogen) atoms. The molecule has 0 aliphatic rings. The van der Waals surface area contributed by atoms with E-state index in [9.17, 15) is 13.2 Å². The monoisotopic (exact) mass is 246 g/mol. The van der Waals surface area contributed by atoms with Gasteiger partial charge in [0.15, 0.2) is 0 Å². The van der Waals surface area contributed by atoms with Gasteiger partial charge >= 0.3 is 0 Å². The van der Waals surface area contributed by atoms with Crippen molar-refractivity contribution in [3.05, 3.63) is 0 Å². The molecule has 0 aromatic heterocycles. The number of hydrogen-bond donors (Lipinski definition) is 0. The molecule has 0 heterocycles. The fraction of sp³-hybridized carbons (Fsp3) is 0.909. The van der Waals surface area contributed by atoms with Crippen LogP contribution in [0.4, 0.5) is 0 Å². The lowest BCUT2D eigenvalue weighted by atomic mass is 9.54. The Labute approximate surface area is 100 Å². The summed E-state index contributed by atoms with van der Waals surface area (Å²) in [5.74, 6) is 0.0962. The summed E-state index contributed by atoms with van der Waals surface area (Å²) in [5, 5.41) is 0. The molecule has 94 valence electrons. The van der Waals surface area contributed by atoms with Crippen LogP contribution in [0.3, 0.4) is 0 Å². The van der Waals surface area contributed by atoms with E-state index in [2.05, 4.69) is 0 Å². The molecule has 0 N–H and O–H groups in total. The smallest absolute Gasteiger partial charge is 0.207 e. The number of rotatable bonds is 5. The van der Waals surface area contributed by atoms with Crippen LogP contribution in [0.2, 0.25) is 6.32 Å². The summed E-state index contributed by atoms with van der Waals surface area (Å²) in [5.41, 5.74) is -0.372. The van der Waals surface area contributed by atoms with Crippen molar-refractivity contribution in [1.82, 2.24) is 0 Å². The second kappa shape index (κ2) is 4.90. The molecule has 0 rings (SSSR count). The summed E-state index contributed by atoms with van der Waals surface area (Å²) in [6.45, 7) is 9.94. The largest absolute Gasteiger partial charge is 0.311 e. The van der Waals surface area contributed by atoms with Crippen LogP contribution in [0.1, 0.15) is 34.6 Å². The first-order chi connectivity index (χ1) is 6.88. The van der Waals surface area contributed by atoms with E-state index in [1.54, 1.807) is 0 Å². The van der Waals surface area contributed by atoms with Gasteiger partial charge in [-0.3, -0.25) is 0 Å². The van der Waals surface area contributed by atoms with Crippen molar-refractivity contribution in [1.29, 1.82) is 0 Å². The summed E-state index contributed by atoms with van der Waals surface area (Å²) in [6, 6.07) is 0. The van der Waals surface area contributed by atoms with Gasteiger partial charge in [0.05, 0.1) is 5.68 Å². The first-order valence-electron chi connectivity index (χ1n) is 5.59. The van der Waals surface area contributed by atoms with Gasteiger partial charge in [0.25, 0.3) is 0 Å². The Balaban J connectivity index is 4.39. The maximum absolute atomic E-state index is 12.0. The highest BCUT2D eigenvalue weighted by Crippen LogP contribution is 2.38. The molecule has 0 radical (unpaired) electrons. The molecule has 0 saturated heterocycles. The first-order valence-corrected chi connectivity index (χ1v) is 7.65. The highest BCUT2D eigenvalue weighted by atomic mass is 32.2. The molecular weight excluding hydrogens is 223 g/mol. The quantitative estimate of drug-likeness (QED) is 0.690. The van der Waals surface area contributed by atoms with Crippen LogP contribution in [0.5, 0.6) is 0 Å². The van der Waals surface area contributed by atoms with Gasteiger partial charge in [0.1, 0.15) is 9.84 Å². The SMILES string of the molecule is CC(C)(C)C(C)(C)C(=O)BCCS(C)(=O)=O. The molecule has 0 unspecified atom stereocenters. The number of carbonyl (C=O) groups excluding carboxylic acids is 1. The average Bonchev–Trinajstić information content (AvgIpc) is 1.99. The van der Waals surface area contributed by atoms with E-state index in [-0.39, 0.29) is 16.9 Å². The summed E-state index contributed by atoms with van der Waals surface area (Å²) < 4.78 is 21.9. The molecule has 0 spiro atoms. The molecule has 0 atom stereocenters. The summed E-state index contributed by atoms with van der Waals surface area (Å²) in [6.07, 6.45) is 1.63. The van der Waals surface area contributed by atoms with Crippen molar-refractivity contribution >= 4 is 22.8 Å². The molecule has 0 fully saturated rings. The number of carbonyl (C=O) groups is 1. The Hall–Kier alpha value is -0.315. The van der Waals surface area contributed by atoms with Crippen molar-refractivity contribution < 1.29 is 13.2 Å². The molecule has 5 heteroatoms. The van der Waals surface area contributed by atoms with Gasteiger partial charge in [-0.1, -0.05) is 40.9 Å². The highest BCUT2D eigenvalue weighted by Gasteiger charge is 2.38. The van der Waals surface area contributed by atoms with Gasteiger partial charge in [-0.05, 0) is 5.41 Å². The van der Waals surface area contributed by atoms with Crippen molar-refractivity contribution in [2.45, 2.75) is 40.9 Å². The maximum Gasteiger partial charge on any atom is 0.207 e. The minimum absolute atomic E-state index is 0.0962. The van der Waals surface area contributed by atoms with Gasteiger partial charge in [-0.15, -0.1) is 0 Å². The molecule has 0 aliphatic heterocycles. The zero-order chi connectivity index (χ0) is 13.2. The Morgan fingerprint density at radius 1 is 1.12 bits per heavy atom. The topological polar surface area (TPSA) is 51.2 Å². The number of sulfone groups is 1. The fourth-order valence-corrected chi connectivity index (χ4v) is 1.89. The second-order valence-corrected chi connectivity index (χ2v) is 8.29. The third-order valence-electron chi connectivity index (χ3n) is 3.49. The molecular formula is C11H23BO3S. The van der Waals surface area contributed by atoms with Crippen LogP contribution in [-0.4, -0.2) is 33.4 Å². The van der Waals surface area contributed by atoms with Crippen LogP contribution in [0, 0.1) is 10.8 Å². The van der Waals surface area contributed by atoms with Gasteiger partial charge in [0, 0.05) is 17.4 Å². The third-order valence-corrected chi connectivity index (χ3v) is 4.52. The zero-order valence-electron chi connectivity index (χ0n) is 11.3. The van der Waals surface area contributed by atoms with Crippen molar-refractivity contribution in [2.24, 2.45) is 10.8 Å². The Morgan fingerprint density at radius 3 is 1.88 bits per heavy atom. The second-order valence-electron chi connectivity index (χ2n) is 6.03. The fourth-order valence-electron chi connectivity index (χ4n) is 1.23.